The molecule has 0 bridgehead atoms. The van der Waals surface area contributed by atoms with Crippen LogP contribution in [0.4, 0.5) is 11.4 Å². The maximum atomic E-state index is 12.1. The first kappa shape index (κ1) is 16.0. The lowest BCUT2D eigenvalue weighted by molar-refractivity contribution is -0.114. The van der Waals surface area contributed by atoms with E-state index in [2.05, 4.69) is 15.6 Å². The summed E-state index contributed by atoms with van der Waals surface area (Å²) in [7, 11) is -3.69. The van der Waals surface area contributed by atoms with Gasteiger partial charge < -0.3 is 10.7 Å². The van der Waals surface area contributed by atoms with Crippen molar-refractivity contribution in [2.24, 2.45) is 0 Å². The SMILES string of the molecule is CC(=O)Nc1ccc(S(=O)(=O)NNc2ccc(C)cc2)cc1. The summed E-state index contributed by atoms with van der Waals surface area (Å²) in [6.45, 7) is 3.34. The maximum Gasteiger partial charge on any atom is 0.257 e. The van der Waals surface area contributed by atoms with Crippen molar-refractivity contribution in [1.82, 2.24) is 4.83 Å². The number of rotatable bonds is 5. The number of hydrogen-bond donors (Lipinski definition) is 3. The van der Waals surface area contributed by atoms with E-state index in [0.29, 0.717) is 11.4 Å². The van der Waals surface area contributed by atoms with Crippen molar-refractivity contribution in [2.75, 3.05) is 10.7 Å². The van der Waals surface area contributed by atoms with Crippen molar-refractivity contribution in [1.29, 1.82) is 0 Å². The summed E-state index contributed by atoms with van der Waals surface area (Å²) in [6, 6.07) is 13.2. The van der Waals surface area contributed by atoms with Gasteiger partial charge in [0.15, 0.2) is 0 Å². The highest BCUT2D eigenvalue weighted by Crippen LogP contribution is 2.14. The molecule has 2 aromatic rings. The molecule has 2 aromatic carbocycles. The van der Waals surface area contributed by atoms with Crippen LogP contribution in [0.25, 0.3) is 0 Å². The highest BCUT2D eigenvalue weighted by molar-refractivity contribution is 7.89. The van der Waals surface area contributed by atoms with Gasteiger partial charge in [0.25, 0.3) is 10.0 Å². The van der Waals surface area contributed by atoms with Crippen LogP contribution in [0.15, 0.2) is 53.4 Å². The summed E-state index contributed by atoms with van der Waals surface area (Å²) in [5.41, 5.74) is 4.92. The quantitative estimate of drug-likeness (QED) is 0.738. The predicted molar refractivity (Wildman–Crippen MR) is 85.9 cm³/mol. The summed E-state index contributed by atoms with van der Waals surface area (Å²) in [5, 5.41) is 2.58. The molecule has 6 nitrogen and oxygen atoms in total. The average Bonchev–Trinajstić information content (AvgIpc) is 2.47. The lowest BCUT2D eigenvalue weighted by Gasteiger charge is -2.10. The Kier molecular flexibility index (Phi) is 4.79. The molecule has 0 heterocycles. The van der Waals surface area contributed by atoms with Gasteiger partial charge in [0.1, 0.15) is 0 Å². The third-order valence-corrected chi connectivity index (χ3v) is 4.13. The van der Waals surface area contributed by atoms with E-state index in [1.54, 1.807) is 12.1 Å². The number of benzene rings is 2. The zero-order chi connectivity index (χ0) is 16.2. The number of aryl methyl sites for hydroxylation is 1. The highest BCUT2D eigenvalue weighted by atomic mass is 32.2. The fourth-order valence-electron chi connectivity index (χ4n) is 1.74. The second kappa shape index (κ2) is 6.59. The van der Waals surface area contributed by atoms with Crippen LogP contribution in [-0.4, -0.2) is 14.3 Å². The van der Waals surface area contributed by atoms with Gasteiger partial charge >= 0.3 is 0 Å². The molecule has 0 radical (unpaired) electrons. The molecule has 0 aliphatic heterocycles. The van der Waals surface area contributed by atoms with Gasteiger partial charge in [-0.1, -0.05) is 17.7 Å². The molecule has 0 unspecified atom stereocenters. The van der Waals surface area contributed by atoms with Crippen molar-refractivity contribution in [3.8, 4) is 0 Å². The van der Waals surface area contributed by atoms with Crippen LogP contribution in [0.5, 0.6) is 0 Å². The van der Waals surface area contributed by atoms with Crippen LogP contribution in [0.3, 0.4) is 0 Å². The molecule has 0 spiro atoms. The van der Waals surface area contributed by atoms with E-state index in [9.17, 15) is 13.2 Å². The summed E-state index contributed by atoms with van der Waals surface area (Å²) in [4.78, 5) is 13.3. The molecule has 2 rings (SSSR count). The van der Waals surface area contributed by atoms with E-state index >= 15 is 0 Å². The van der Waals surface area contributed by atoms with E-state index in [-0.39, 0.29) is 10.8 Å². The molecule has 0 saturated heterocycles. The van der Waals surface area contributed by atoms with E-state index < -0.39 is 10.0 Å². The van der Waals surface area contributed by atoms with Crippen molar-refractivity contribution in [3.05, 3.63) is 54.1 Å². The van der Waals surface area contributed by atoms with Gasteiger partial charge in [0.2, 0.25) is 5.91 Å². The fraction of sp³-hybridized carbons (Fsp3) is 0.133. The van der Waals surface area contributed by atoms with Crippen LogP contribution in [0.2, 0.25) is 0 Å². The third kappa shape index (κ3) is 4.31. The van der Waals surface area contributed by atoms with E-state index in [1.165, 1.54) is 31.2 Å². The molecule has 0 atom stereocenters. The monoisotopic (exact) mass is 319 g/mol. The second-order valence-corrected chi connectivity index (χ2v) is 6.48. The Morgan fingerprint density at radius 1 is 0.909 bits per heavy atom. The number of nitrogens with one attached hydrogen (secondary N) is 3. The summed E-state index contributed by atoms with van der Waals surface area (Å²) < 4.78 is 24.3. The molecule has 1 amide bonds. The van der Waals surface area contributed by atoms with Gasteiger partial charge in [-0.3, -0.25) is 4.79 Å². The van der Waals surface area contributed by atoms with Crippen molar-refractivity contribution in [3.63, 3.8) is 0 Å². The Bertz CT molecular complexity index is 754. The summed E-state index contributed by atoms with van der Waals surface area (Å²) in [5.74, 6) is -0.213. The average molecular weight is 319 g/mol. The van der Waals surface area contributed by atoms with Gasteiger partial charge in [-0.2, -0.15) is 0 Å². The molecule has 0 saturated carbocycles. The Balaban J connectivity index is 2.06. The lowest BCUT2D eigenvalue weighted by atomic mass is 10.2. The lowest BCUT2D eigenvalue weighted by Crippen LogP contribution is -2.29. The molecular weight excluding hydrogens is 302 g/mol. The molecule has 3 N–H and O–H groups in total. The molecular formula is C15H17N3O3S. The highest BCUT2D eigenvalue weighted by Gasteiger charge is 2.13. The predicted octanol–water partition coefficient (Wildman–Crippen LogP) is 2.26. The van der Waals surface area contributed by atoms with Gasteiger partial charge in [-0.25, -0.2) is 8.42 Å². The Morgan fingerprint density at radius 2 is 1.45 bits per heavy atom. The van der Waals surface area contributed by atoms with Crippen LogP contribution in [-0.2, 0) is 14.8 Å². The van der Waals surface area contributed by atoms with Gasteiger partial charge in [-0.05, 0) is 43.3 Å². The number of hydrazine groups is 1. The van der Waals surface area contributed by atoms with Gasteiger partial charge in [0, 0.05) is 18.3 Å². The van der Waals surface area contributed by atoms with E-state index in [4.69, 9.17) is 0 Å². The zero-order valence-electron chi connectivity index (χ0n) is 12.3. The first-order valence-electron chi connectivity index (χ1n) is 6.59. The number of sulfonamides is 1. The van der Waals surface area contributed by atoms with Gasteiger partial charge in [-0.15, -0.1) is 4.83 Å². The topological polar surface area (TPSA) is 87.3 Å². The minimum atomic E-state index is -3.69. The first-order chi connectivity index (χ1) is 10.4. The minimum Gasteiger partial charge on any atom is -0.326 e. The molecule has 7 heteroatoms. The van der Waals surface area contributed by atoms with Crippen molar-refractivity contribution >= 4 is 27.3 Å². The van der Waals surface area contributed by atoms with E-state index in [1.807, 2.05) is 19.1 Å². The summed E-state index contributed by atoms with van der Waals surface area (Å²) in [6.07, 6.45) is 0. The van der Waals surface area contributed by atoms with Crippen molar-refractivity contribution < 1.29 is 13.2 Å². The molecule has 116 valence electrons. The molecule has 0 aliphatic carbocycles. The third-order valence-electron chi connectivity index (χ3n) is 2.87. The Morgan fingerprint density at radius 3 is 2.00 bits per heavy atom. The largest absolute Gasteiger partial charge is 0.326 e. The number of hydrogen-bond acceptors (Lipinski definition) is 4. The molecule has 0 fully saturated rings. The maximum absolute atomic E-state index is 12.1. The number of carbonyl (C=O) groups is 1. The van der Waals surface area contributed by atoms with Crippen molar-refractivity contribution in [2.45, 2.75) is 18.7 Å². The number of amides is 1. The Labute approximate surface area is 129 Å². The van der Waals surface area contributed by atoms with Gasteiger partial charge in [0.05, 0.1) is 4.90 Å². The molecule has 0 aliphatic rings. The number of carbonyl (C=O) groups excluding carboxylic acids is 1. The fourth-order valence-corrected chi connectivity index (χ4v) is 2.61. The minimum absolute atomic E-state index is 0.0983. The first-order valence-corrected chi connectivity index (χ1v) is 8.07. The van der Waals surface area contributed by atoms with E-state index in [0.717, 1.165) is 5.56 Å². The second-order valence-electron chi connectivity index (χ2n) is 4.80. The van der Waals surface area contributed by atoms with Crippen LogP contribution in [0, 0.1) is 6.92 Å². The smallest absolute Gasteiger partial charge is 0.257 e. The molecule has 22 heavy (non-hydrogen) atoms. The normalized spacial score (nSPS) is 11.0. The molecule has 0 aromatic heterocycles. The van der Waals surface area contributed by atoms with Crippen LogP contribution < -0.4 is 15.6 Å². The van der Waals surface area contributed by atoms with Crippen LogP contribution >= 0.6 is 0 Å². The van der Waals surface area contributed by atoms with Crippen LogP contribution in [0.1, 0.15) is 12.5 Å². The summed E-state index contributed by atoms with van der Waals surface area (Å²) >= 11 is 0. The standard InChI is InChI=1S/C15H17N3O3S/c1-11-3-5-14(6-4-11)17-18-22(20,21)15-9-7-13(8-10-15)16-12(2)19/h3-10,17-18H,1-2H3,(H,16,19). The number of anilines is 2. The zero-order valence-corrected chi connectivity index (χ0v) is 13.1. The Hall–Kier alpha value is -2.38.